The SMILES string of the molecule is O=C(COc1c(Br)cc(F)cc1Br)NNC(=S)Nc1ccccc1. The highest BCUT2D eigenvalue weighted by molar-refractivity contribution is 9.11. The molecule has 0 fully saturated rings. The zero-order valence-corrected chi connectivity index (χ0v) is 16.1. The molecule has 1 amide bonds. The molecule has 2 aromatic carbocycles. The Balaban J connectivity index is 1.79. The van der Waals surface area contributed by atoms with Gasteiger partial charge in [-0.05, 0) is 68.3 Å². The van der Waals surface area contributed by atoms with Crippen molar-refractivity contribution in [2.45, 2.75) is 0 Å². The van der Waals surface area contributed by atoms with Gasteiger partial charge in [-0.15, -0.1) is 0 Å². The van der Waals surface area contributed by atoms with Gasteiger partial charge < -0.3 is 10.1 Å². The normalized spacial score (nSPS) is 9.96. The summed E-state index contributed by atoms with van der Waals surface area (Å²) in [6.07, 6.45) is 0. The van der Waals surface area contributed by atoms with Crippen molar-refractivity contribution in [1.29, 1.82) is 0 Å². The van der Waals surface area contributed by atoms with Crippen molar-refractivity contribution in [2.24, 2.45) is 0 Å². The molecule has 0 atom stereocenters. The molecule has 0 spiro atoms. The number of thiocarbonyl (C=S) groups is 1. The molecule has 3 N–H and O–H groups in total. The Morgan fingerprint density at radius 3 is 2.38 bits per heavy atom. The first-order valence-corrected chi connectivity index (χ1v) is 8.63. The number of nitrogens with one attached hydrogen (secondary N) is 3. The summed E-state index contributed by atoms with van der Waals surface area (Å²) in [7, 11) is 0. The quantitative estimate of drug-likeness (QED) is 0.463. The predicted molar refractivity (Wildman–Crippen MR) is 101 cm³/mol. The molecule has 2 rings (SSSR count). The largest absolute Gasteiger partial charge is 0.481 e. The molecule has 0 bridgehead atoms. The number of anilines is 1. The number of carbonyl (C=O) groups excluding carboxylic acids is 1. The van der Waals surface area contributed by atoms with E-state index in [0.717, 1.165) is 5.69 Å². The number of rotatable bonds is 4. The minimum Gasteiger partial charge on any atom is -0.481 e. The molecule has 9 heteroatoms. The Morgan fingerprint density at radius 2 is 1.75 bits per heavy atom. The first-order chi connectivity index (χ1) is 11.5. The standard InChI is InChI=1S/C15H12Br2FN3O2S/c16-11-6-9(18)7-12(17)14(11)23-8-13(22)20-21-15(24)19-10-4-2-1-3-5-10/h1-7H,8H2,(H,20,22)(H2,19,21,24). The molecular formula is C15H12Br2FN3O2S. The van der Waals surface area contributed by atoms with Crippen LogP contribution in [0.1, 0.15) is 0 Å². The molecule has 0 aliphatic carbocycles. The van der Waals surface area contributed by atoms with Crippen LogP contribution in [0.3, 0.4) is 0 Å². The third-order valence-corrected chi connectivity index (χ3v) is 4.04. The van der Waals surface area contributed by atoms with Crippen LogP contribution in [0.4, 0.5) is 10.1 Å². The Hall–Kier alpha value is -1.71. The average molecular weight is 477 g/mol. The van der Waals surface area contributed by atoms with Gasteiger partial charge in [0.25, 0.3) is 5.91 Å². The van der Waals surface area contributed by atoms with E-state index in [4.69, 9.17) is 17.0 Å². The maximum atomic E-state index is 13.2. The second-order valence-electron chi connectivity index (χ2n) is 4.48. The van der Waals surface area contributed by atoms with E-state index in [9.17, 15) is 9.18 Å². The number of halogens is 3. The summed E-state index contributed by atoms with van der Waals surface area (Å²) in [5, 5.41) is 3.14. The van der Waals surface area contributed by atoms with Gasteiger partial charge in [0.15, 0.2) is 11.7 Å². The Kier molecular flexibility index (Phi) is 6.95. The first kappa shape index (κ1) is 18.6. The second-order valence-corrected chi connectivity index (χ2v) is 6.60. The monoisotopic (exact) mass is 475 g/mol. The summed E-state index contributed by atoms with van der Waals surface area (Å²) in [5.41, 5.74) is 5.76. The van der Waals surface area contributed by atoms with Gasteiger partial charge in [0.2, 0.25) is 0 Å². The Labute approximate surface area is 160 Å². The maximum absolute atomic E-state index is 13.2. The summed E-state index contributed by atoms with van der Waals surface area (Å²) >= 11 is 11.4. The molecule has 0 saturated heterocycles. The van der Waals surface area contributed by atoms with Crippen LogP contribution in [0.25, 0.3) is 0 Å². The van der Waals surface area contributed by atoms with E-state index in [1.54, 1.807) is 0 Å². The molecule has 2 aromatic rings. The van der Waals surface area contributed by atoms with Gasteiger partial charge in [-0.3, -0.25) is 15.6 Å². The van der Waals surface area contributed by atoms with Crippen LogP contribution in [0.2, 0.25) is 0 Å². The topological polar surface area (TPSA) is 62.4 Å². The van der Waals surface area contributed by atoms with Crippen molar-refractivity contribution in [2.75, 3.05) is 11.9 Å². The number of carbonyl (C=O) groups is 1. The average Bonchev–Trinajstić information content (AvgIpc) is 2.53. The van der Waals surface area contributed by atoms with Crippen LogP contribution < -0.4 is 20.9 Å². The van der Waals surface area contributed by atoms with Gasteiger partial charge in [0.1, 0.15) is 11.6 Å². The molecular weight excluding hydrogens is 465 g/mol. The zero-order valence-electron chi connectivity index (χ0n) is 12.1. The molecule has 0 aromatic heterocycles. The number of hydrazine groups is 1. The third kappa shape index (κ3) is 5.73. The number of hydrogen-bond acceptors (Lipinski definition) is 3. The van der Waals surface area contributed by atoms with Crippen LogP contribution in [-0.2, 0) is 4.79 Å². The summed E-state index contributed by atoms with van der Waals surface area (Å²) in [4.78, 5) is 11.8. The van der Waals surface area contributed by atoms with Crippen molar-refractivity contribution in [3.8, 4) is 5.75 Å². The van der Waals surface area contributed by atoms with Gasteiger partial charge in [-0.1, -0.05) is 18.2 Å². The van der Waals surface area contributed by atoms with Crippen LogP contribution in [0.5, 0.6) is 5.75 Å². The molecule has 0 saturated carbocycles. The molecule has 0 unspecified atom stereocenters. The van der Waals surface area contributed by atoms with Crippen molar-refractivity contribution in [3.63, 3.8) is 0 Å². The molecule has 5 nitrogen and oxygen atoms in total. The first-order valence-electron chi connectivity index (χ1n) is 6.64. The van der Waals surface area contributed by atoms with E-state index >= 15 is 0 Å². The second kappa shape index (κ2) is 8.95. The van der Waals surface area contributed by atoms with Gasteiger partial charge >= 0.3 is 0 Å². The highest BCUT2D eigenvalue weighted by Crippen LogP contribution is 2.34. The minimum absolute atomic E-state index is 0.235. The van der Waals surface area contributed by atoms with E-state index in [1.807, 2.05) is 30.3 Å². The molecule has 0 aliphatic heterocycles. The van der Waals surface area contributed by atoms with Crippen LogP contribution in [-0.4, -0.2) is 17.6 Å². The minimum atomic E-state index is -0.449. The van der Waals surface area contributed by atoms with E-state index in [0.29, 0.717) is 14.7 Å². The summed E-state index contributed by atoms with van der Waals surface area (Å²) in [6.45, 7) is -0.274. The lowest BCUT2D eigenvalue weighted by atomic mass is 10.3. The molecule has 0 heterocycles. The zero-order chi connectivity index (χ0) is 17.5. The van der Waals surface area contributed by atoms with E-state index in [1.165, 1.54) is 12.1 Å². The number of amides is 1. The number of hydrogen-bond donors (Lipinski definition) is 3. The predicted octanol–water partition coefficient (Wildman–Crippen LogP) is 3.75. The summed E-state index contributed by atoms with van der Waals surface area (Å²) in [5.74, 6) is -0.545. The lowest BCUT2D eigenvalue weighted by Crippen LogP contribution is -2.45. The van der Waals surface area contributed by atoms with Crippen LogP contribution >= 0.6 is 44.1 Å². The van der Waals surface area contributed by atoms with Crippen molar-refractivity contribution in [1.82, 2.24) is 10.9 Å². The molecule has 0 aliphatic rings. The lowest BCUT2D eigenvalue weighted by Gasteiger charge is -2.13. The lowest BCUT2D eigenvalue weighted by molar-refractivity contribution is -0.123. The fourth-order valence-corrected chi connectivity index (χ4v) is 3.18. The number of para-hydroxylation sites is 1. The van der Waals surface area contributed by atoms with Gasteiger partial charge in [0.05, 0.1) is 8.95 Å². The van der Waals surface area contributed by atoms with Crippen molar-refractivity contribution >= 4 is 60.8 Å². The maximum Gasteiger partial charge on any atom is 0.276 e. The fourth-order valence-electron chi connectivity index (χ4n) is 1.65. The van der Waals surface area contributed by atoms with Gasteiger partial charge in [0, 0.05) is 5.69 Å². The molecule has 24 heavy (non-hydrogen) atoms. The van der Waals surface area contributed by atoms with Crippen molar-refractivity contribution < 1.29 is 13.9 Å². The van der Waals surface area contributed by atoms with E-state index in [2.05, 4.69) is 48.0 Å². The smallest absolute Gasteiger partial charge is 0.276 e. The Bertz CT molecular complexity index is 724. The molecule has 126 valence electrons. The highest BCUT2D eigenvalue weighted by Gasteiger charge is 2.11. The number of benzene rings is 2. The van der Waals surface area contributed by atoms with Crippen LogP contribution in [0.15, 0.2) is 51.4 Å². The Morgan fingerprint density at radius 1 is 1.12 bits per heavy atom. The van der Waals surface area contributed by atoms with Crippen molar-refractivity contribution in [3.05, 3.63) is 57.2 Å². The van der Waals surface area contributed by atoms with E-state index in [-0.39, 0.29) is 11.7 Å². The van der Waals surface area contributed by atoms with Crippen LogP contribution in [0, 0.1) is 5.82 Å². The summed E-state index contributed by atoms with van der Waals surface area (Å²) in [6, 6.07) is 11.8. The third-order valence-electron chi connectivity index (χ3n) is 2.66. The highest BCUT2D eigenvalue weighted by atomic mass is 79.9. The summed E-state index contributed by atoms with van der Waals surface area (Å²) < 4.78 is 19.3. The molecule has 0 radical (unpaired) electrons. The number of ether oxygens (including phenoxy) is 1. The van der Waals surface area contributed by atoms with E-state index < -0.39 is 11.7 Å². The van der Waals surface area contributed by atoms with Gasteiger partial charge in [-0.25, -0.2) is 4.39 Å². The van der Waals surface area contributed by atoms with Gasteiger partial charge in [-0.2, -0.15) is 0 Å². The fraction of sp³-hybridized carbons (Fsp3) is 0.0667.